The van der Waals surface area contributed by atoms with Crippen LogP contribution in [0.3, 0.4) is 0 Å². The molecule has 0 N–H and O–H groups in total. The first kappa shape index (κ1) is 25.0. The van der Waals surface area contributed by atoms with Crippen molar-refractivity contribution in [1.82, 2.24) is 9.13 Å². The normalized spacial score (nSPS) is 14.4. The topological polar surface area (TPSA) is 9.86 Å². The highest BCUT2D eigenvalue weighted by atomic mass is 32.2. The molecule has 0 radical (unpaired) electrons. The average Bonchev–Trinajstić information content (AvgIpc) is 3.66. The fourth-order valence-corrected chi connectivity index (χ4v) is 12.1. The summed E-state index contributed by atoms with van der Waals surface area (Å²) in [6, 6.07) is 50.8. The van der Waals surface area contributed by atoms with Gasteiger partial charge in [-0.3, -0.25) is 0 Å². The van der Waals surface area contributed by atoms with Crippen molar-refractivity contribution in [2.45, 2.75) is 19.6 Å². The molecular formula is C42H22B2N2S2. The summed E-state index contributed by atoms with van der Waals surface area (Å²) in [7, 11) is 0. The Bertz CT molecular complexity index is 2790. The first-order valence-corrected chi connectivity index (χ1v) is 18.3. The molecule has 0 atom stereocenters. The van der Waals surface area contributed by atoms with Gasteiger partial charge in [-0.15, -0.1) is 0 Å². The number of aromatic nitrogens is 2. The lowest BCUT2D eigenvalue weighted by Crippen LogP contribution is -2.62. The van der Waals surface area contributed by atoms with E-state index in [1.807, 2.05) is 23.5 Å². The quantitative estimate of drug-likeness (QED) is 0.176. The predicted octanol–water partition coefficient (Wildman–Crippen LogP) is 6.47. The Balaban J connectivity index is 1.13. The number of hydrogen-bond donors (Lipinski definition) is 0. The SMILES string of the molecule is c1ccc2c(c1)B1c3cc4c(cc3Sc3ccc5c6ccccc6n-2c5c31)Sc1ccc2c3ccccc3n3c2c1B4c1ccccc1-3. The maximum absolute atomic E-state index is 2.62. The van der Waals surface area contributed by atoms with Gasteiger partial charge in [0, 0.05) is 52.5 Å². The van der Waals surface area contributed by atoms with Crippen molar-refractivity contribution in [2.75, 3.05) is 0 Å². The fourth-order valence-electron chi connectivity index (χ4n) is 9.65. The van der Waals surface area contributed by atoms with Crippen molar-refractivity contribution in [3.8, 4) is 11.4 Å². The van der Waals surface area contributed by atoms with E-state index in [0.29, 0.717) is 0 Å². The van der Waals surface area contributed by atoms with Crippen LogP contribution in [-0.4, -0.2) is 22.6 Å². The van der Waals surface area contributed by atoms with Crippen molar-refractivity contribution >= 4 is 113 Å². The van der Waals surface area contributed by atoms with Gasteiger partial charge in [0.25, 0.3) is 0 Å². The first-order valence-electron chi connectivity index (χ1n) is 16.7. The van der Waals surface area contributed by atoms with Crippen LogP contribution in [0, 0.1) is 0 Å². The molecule has 2 aromatic heterocycles. The number of fused-ring (bicyclic) bond motifs is 16. The molecule has 0 saturated carbocycles. The van der Waals surface area contributed by atoms with Gasteiger partial charge in [0.1, 0.15) is 0 Å². The Kier molecular flexibility index (Phi) is 4.44. The molecule has 0 aliphatic carbocycles. The van der Waals surface area contributed by atoms with Crippen LogP contribution in [0.4, 0.5) is 0 Å². The maximum atomic E-state index is 2.62. The fraction of sp³-hybridized carbons (Fsp3) is 0. The monoisotopic (exact) mass is 640 g/mol. The zero-order chi connectivity index (χ0) is 30.8. The zero-order valence-corrected chi connectivity index (χ0v) is 27.2. The van der Waals surface area contributed by atoms with Crippen LogP contribution in [0.1, 0.15) is 0 Å². The highest BCUT2D eigenvalue weighted by Gasteiger charge is 2.43. The molecule has 0 bridgehead atoms. The van der Waals surface area contributed by atoms with Crippen molar-refractivity contribution in [2.24, 2.45) is 0 Å². The van der Waals surface area contributed by atoms with Gasteiger partial charge in [0.2, 0.25) is 13.4 Å². The molecule has 9 aromatic rings. The second-order valence-corrected chi connectivity index (χ2v) is 15.7. The second-order valence-electron chi connectivity index (χ2n) is 13.6. The minimum atomic E-state index is 0.186. The summed E-state index contributed by atoms with van der Waals surface area (Å²) >= 11 is 3.93. The van der Waals surface area contributed by atoms with Crippen molar-refractivity contribution in [1.29, 1.82) is 0 Å². The van der Waals surface area contributed by atoms with Crippen LogP contribution in [-0.2, 0) is 0 Å². The molecule has 4 aliphatic heterocycles. The molecule has 0 fully saturated rings. The lowest BCUT2D eigenvalue weighted by molar-refractivity contribution is 1.18. The Morgan fingerprint density at radius 1 is 0.375 bits per heavy atom. The number of benzene rings is 7. The Morgan fingerprint density at radius 2 is 0.833 bits per heavy atom. The molecule has 0 spiro atoms. The van der Waals surface area contributed by atoms with Gasteiger partial charge >= 0.3 is 0 Å². The Morgan fingerprint density at radius 3 is 1.35 bits per heavy atom. The van der Waals surface area contributed by atoms with E-state index in [9.17, 15) is 0 Å². The van der Waals surface area contributed by atoms with Gasteiger partial charge in [-0.1, -0.05) is 125 Å². The number of rotatable bonds is 0. The molecule has 6 heterocycles. The standard InChI is InChI=1S/C42H22B2N2S2/c1-5-13-31-23(9-1)25-17-19-35-39-41(25)45(31)33-15-7-3-11-27(33)43(39)29-21-30-38(22-37(29)47-35)48-36-20-18-26-24-10-2-6-14-32(24)46-34-16-8-4-12-28(34)44(30)40(36)42(26)46/h1-22H. The largest absolute Gasteiger partial charge is 0.310 e. The van der Waals surface area contributed by atoms with E-state index in [-0.39, 0.29) is 13.4 Å². The molecule has 2 nitrogen and oxygen atoms in total. The number of para-hydroxylation sites is 4. The van der Waals surface area contributed by atoms with Gasteiger partial charge < -0.3 is 9.13 Å². The van der Waals surface area contributed by atoms with E-state index in [4.69, 9.17) is 0 Å². The molecule has 7 aromatic carbocycles. The lowest BCUT2D eigenvalue weighted by atomic mass is 9.32. The summed E-state index contributed by atoms with van der Waals surface area (Å²) in [6.45, 7) is 0.372. The highest BCUT2D eigenvalue weighted by Crippen LogP contribution is 2.43. The van der Waals surface area contributed by atoms with Gasteiger partial charge in [0.05, 0.1) is 22.1 Å². The third-order valence-corrected chi connectivity index (χ3v) is 13.7. The van der Waals surface area contributed by atoms with Crippen molar-refractivity contribution in [3.05, 3.63) is 133 Å². The van der Waals surface area contributed by atoms with Gasteiger partial charge in [0.15, 0.2) is 0 Å². The minimum Gasteiger partial charge on any atom is -0.310 e. The van der Waals surface area contributed by atoms with E-state index in [1.165, 1.54) is 107 Å². The van der Waals surface area contributed by atoms with Crippen LogP contribution >= 0.6 is 23.5 Å². The van der Waals surface area contributed by atoms with Gasteiger partial charge in [-0.05, 0) is 64.3 Å². The maximum Gasteiger partial charge on any atom is 0.249 e. The van der Waals surface area contributed by atoms with Crippen LogP contribution in [0.15, 0.2) is 153 Å². The minimum absolute atomic E-state index is 0.186. The smallest absolute Gasteiger partial charge is 0.249 e. The molecule has 13 rings (SSSR count). The van der Waals surface area contributed by atoms with E-state index < -0.39 is 0 Å². The summed E-state index contributed by atoms with van der Waals surface area (Å²) in [5, 5.41) is 5.37. The zero-order valence-electron chi connectivity index (χ0n) is 25.6. The van der Waals surface area contributed by atoms with E-state index in [2.05, 4.69) is 143 Å². The Labute approximate surface area is 285 Å². The highest BCUT2D eigenvalue weighted by molar-refractivity contribution is 8.01. The lowest BCUT2D eigenvalue weighted by Gasteiger charge is -2.36. The van der Waals surface area contributed by atoms with Crippen LogP contribution < -0.4 is 32.8 Å². The third-order valence-electron chi connectivity index (χ3n) is 11.4. The molecule has 0 amide bonds. The summed E-state index contributed by atoms with van der Waals surface area (Å²) in [4.78, 5) is 5.54. The first-order chi connectivity index (χ1) is 23.8. The van der Waals surface area contributed by atoms with E-state index in [1.54, 1.807) is 0 Å². The van der Waals surface area contributed by atoms with Gasteiger partial charge in [-0.2, -0.15) is 0 Å². The molecule has 218 valence electrons. The molecule has 0 saturated heterocycles. The van der Waals surface area contributed by atoms with Crippen molar-refractivity contribution in [3.63, 3.8) is 0 Å². The summed E-state index contributed by atoms with van der Waals surface area (Å²) < 4.78 is 5.08. The molecule has 6 heteroatoms. The molecule has 0 unspecified atom stereocenters. The van der Waals surface area contributed by atoms with Crippen molar-refractivity contribution < 1.29 is 0 Å². The van der Waals surface area contributed by atoms with E-state index in [0.717, 1.165) is 0 Å². The van der Waals surface area contributed by atoms with Gasteiger partial charge in [-0.25, -0.2) is 0 Å². The number of nitrogens with zero attached hydrogens (tertiary/aromatic N) is 2. The second kappa shape index (κ2) is 8.51. The van der Waals surface area contributed by atoms with Crippen LogP contribution in [0.5, 0.6) is 0 Å². The molecular weight excluding hydrogens is 618 g/mol. The van der Waals surface area contributed by atoms with Crippen LogP contribution in [0.2, 0.25) is 0 Å². The predicted molar refractivity (Wildman–Crippen MR) is 206 cm³/mol. The number of hydrogen-bond acceptors (Lipinski definition) is 2. The average molecular weight is 640 g/mol. The molecule has 4 aliphatic rings. The Hall–Kier alpha value is -5.03. The third kappa shape index (κ3) is 2.80. The van der Waals surface area contributed by atoms with Crippen LogP contribution in [0.25, 0.3) is 55.0 Å². The summed E-state index contributed by atoms with van der Waals surface area (Å²) in [5.74, 6) is 0. The summed E-state index contributed by atoms with van der Waals surface area (Å²) in [6.07, 6.45) is 0. The summed E-state index contributed by atoms with van der Waals surface area (Å²) in [5.41, 5.74) is 16.6. The molecule has 48 heavy (non-hydrogen) atoms. The van der Waals surface area contributed by atoms with E-state index >= 15 is 0 Å².